The molecule has 0 aliphatic heterocycles. The second kappa shape index (κ2) is 12.5. The average molecular weight is 510 g/mol. The highest BCUT2D eigenvalue weighted by Crippen LogP contribution is 2.24. The zero-order chi connectivity index (χ0) is 25.2. The Kier molecular flexibility index (Phi) is 9.23. The van der Waals surface area contributed by atoms with E-state index in [9.17, 15) is 9.59 Å². The molecule has 0 aliphatic rings. The number of para-hydroxylation sites is 2. The van der Waals surface area contributed by atoms with E-state index in [2.05, 4.69) is 16.0 Å². The molecule has 0 saturated heterocycles. The zero-order valence-electron chi connectivity index (χ0n) is 19.1. The second-order valence-electron chi connectivity index (χ2n) is 7.28. The summed E-state index contributed by atoms with van der Waals surface area (Å²) in [7, 11) is 1.57. The number of hydrogen-bond acceptors (Lipinski definition) is 5. The molecule has 180 valence electrons. The van der Waals surface area contributed by atoms with Crippen molar-refractivity contribution in [3.63, 3.8) is 0 Å². The fourth-order valence-electron chi connectivity index (χ4n) is 2.95. The number of ether oxygens (including phenoxy) is 2. The van der Waals surface area contributed by atoms with Gasteiger partial charge in [0, 0.05) is 23.0 Å². The molecule has 0 aromatic heterocycles. The predicted octanol–water partition coefficient (Wildman–Crippen LogP) is 5.28. The largest absolute Gasteiger partial charge is 0.496 e. The number of rotatable bonds is 8. The van der Waals surface area contributed by atoms with Crippen molar-refractivity contribution >= 4 is 58.2 Å². The van der Waals surface area contributed by atoms with Crippen molar-refractivity contribution in [1.29, 1.82) is 0 Å². The molecule has 3 aromatic carbocycles. The smallest absolute Gasteiger partial charge is 0.265 e. The van der Waals surface area contributed by atoms with Crippen LogP contribution in [0.5, 0.6) is 11.5 Å². The molecule has 3 N–H and O–H groups in total. The normalized spacial score (nSPS) is 11.4. The van der Waals surface area contributed by atoms with Crippen LogP contribution >= 0.6 is 23.8 Å². The van der Waals surface area contributed by atoms with Crippen LogP contribution < -0.4 is 25.4 Å². The molecule has 1 unspecified atom stereocenters. The maximum atomic E-state index is 12.4. The Morgan fingerprint density at radius 3 is 2.17 bits per heavy atom. The lowest BCUT2D eigenvalue weighted by atomic mass is 10.2. The third-order valence-corrected chi connectivity index (χ3v) is 5.23. The number of anilines is 2. The Morgan fingerprint density at radius 2 is 1.51 bits per heavy atom. The summed E-state index contributed by atoms with van der Waals surface area (Å²) in [6, 6.07) is 21.1. The van der Waals surface area contributed by atoms with Gasteiger partial charge in [-0.15, -0.1) is 0 Å². The van der Waals surface area contributed by atoms with Gasteiger partial charge in [0.05, 0.1) is 12.1 Å². The highest BCUT2D eigenvalue weighted by atomic mass is 35.5. The lowest BCUT2D eigenvalue weighted by Gasteiger charge is -2.16. The Morgan fingerprint density at radius 1 is 0.914 bits per heavy atom. The first-order valence-corrected chi connectivity index (χ1v) is 11.4. The molecule has 1 atom stereocenters. The van der Waals surface area contributed by atoms with Gasteiger partial charge >= 0.3 is 0 Å². The quantitative estimate of drug-likeness (QED) is 0.283. The van der Waals surface area contributed by atoms with Gasteiger partial charge in [-0.3, -0.25) is 14.9 Å². The third kappa shape index (κ3) is 7.84. The van der Waals surface area contributed by atoms with Gasteiger partial charge in [-0.25, -0.2) is 0 Å². The maximum absolute atomic E-state index is 12.4. The van der Waals surface area contributed by atoms with E-state index < -0.39 is 6.10 Å². The minimum absolute atomic E-state index is 0.137. The van der Waals surface area contributed by atoms with Crippen LogP contribution in [0.4, 0.5) is 11.4 Å². The van der Waals surface area contributed by atoms with Gasteiger partial charge in [0.1, 0.15) is 11.5 Å². The van der Waals surface area contributed by atoms with Crippen LogP contribution in [-0.4, -0.2) is 30.1 Å². The fraction of sp³-hybridized carbons (Fsp3) is 0.115. The van der Waals surface area contributed by atoms with E-state index in [0.717, 1.165) is 5.56 Å². The molecule has 3 aromatic rings. The number of thiocarbonyl (C=S) groups is 1. The van der Waals surface area contributed by atoms with Gasteiger partial charge in [0.25, 0.3) is 5.91 Å². The van der Waals surface area contributed by atoms with E-state index in [1.54, 1.807) is 68.6 Å². The van der Waals surface area contributed by atoms with Crippen LogP contribution in [0, 0.1) is 0 Å². The van der Waals surface area contributed by atoms with Gasteiger partial charge in [0.15, 0.2) is 11.2 Å². The number of carbonyl (C=O) groups is 2. The van der Waals surface area contributed by atoms with Crippen molar-refractivity contribution in [3.8, 4) is 11.5 Å². The first-order valence-electron chi connectivity index (χ1n) is 10.6. The molecule has 0 aliphatic carbocycles. The van der Waals surface area contributed by atoms with Crippen LogP contribution in [0.15, 0.2) is 78.9 Å². The predicted molar refractivity (Wildman–Crippen MR) is 143 cm³/mol. The number of halogens is 1. The van der Waals surface area contributed by atoms with Crippen LogP contribution in [-0.2, 0) is 9.59 Å². The summed E-state index contributed by atoms with van der Waals surface area (Å²) in [6.07, 6.45) is 2.26. The molecule has 0 fully saturated rings. The first-order chi connectivity index (χ1) is 16.9. The second-order valence-corrected chi connectivity index (χ2v) is 8.09. The lowest BCUT2D eigenvalue weighted by molar-refractivity contribution is -0.122. The van der Waals surface area contributed by atoms with E-state index in [0.29, 0.717) is 27.9 Å². The van der Waals surface area contributed by atoms with Crippen molar-refractivity contribution in [2.24, 2.45) is 0 Å². The number of methoxy groups -OCH3 is 1. The summed E-state index contributed by atoms with van der Waals surface area (Å²) in [5.74, 6) is 0.388. The summed E-state index contributed by atoms with van der Waals surface area (Å²) < 4.78 is 10.9. The number of carbonyl (C=O) groups excluding carboxylic acids is 2. The summed E-state index contributed by atoms with van der Waals surface area (Å²) in [6.45, 7) is 1.64. The van der Waals surface area contributed by atoms with E-state index >= 15 is 0 Å². The van der Waals surface area contributed by atoms with Crippen LogP contribution in [0.2, 0.25) is 5.02 Å². The van der Waals surface area contributed by atoms with Crippen molar-refractivity contribution in [2.45, 2.75) is 13.0 Å². The minimum Gasteiger partial charge on any atom is -0.496 e. The minimum atomic E-state index is -0.751. The standard InChI is InChI=1S/C26H24ClN3O4S/c1-17(34-23-10-6-4-8-21(23)27)25(32)28-19-12-14-20(15-13-19)29-26(35)30-24(31)16-11-18-7-3-5-9-22(18)33-2/h3-17H,1-2H3,(H,28,32)(H2,29,30,31,35)/b16-11+. The molecule has 3 rings (SSSR count). The molecular weight excluding hydrogens is 486 g/mol. The molecule has 0 spiro atoms. The summed E-state index contributed by atoms with van der Waals surface area (Å²) in [4.78, 5) is 24.6. The van der Waals surface area contributed by atoms with E-state index in [1.165, 1.54) is 6.08 Å². The molecular formula is C26H24ClN3O4S. The zero-order valence-corrected chi connectivity index (χ0v) is 20.7. The lowest BCUT2D eigenvalue weighted by Crippen LogP contribution is -2.32. The Balaban J connectivity index is 1.49. The topological polar surface area (TPSA) is 88.7 Å². The number of amides is 2. The highest BCUT2D eigenvalue weighted by molar-refractivity contribution is 7.80. The van der Waals surface area contributed by atoms with Gasteiger partial charge in [-0.1, -0.05) is 41.9 Å². The molecule has 0 bridgehead atoms. The van der Waals surface area contributed by atoms with Crippen molar-refractivity contribution in [1.82, 2.24) is 5.32 Å². The third-order valence-electron chi connectivity index (χ3n) is 4.71. The van der Waals surface area contributed by atoms with E-state index in [1.807, 2.05) is 24.3 Å². The monoisotopic (exact) mass is 509 g/mol. The van der Waals surface area contributed by atoms with Crippen LogP contribution in [0.25, 0.3) is 6.08 Å². The van der Waals surface area contributed by atoms with Crippen LogP contribution in [0.1, 0.15) is 12.5 Å². The first kappa shape index (κ1) is 25.7. The Hall–Kier alpha value is -3.88. The number of benzene rings is 3. The SMILES string of the molecule is COc1ccccc1/C=C/C(=O)NC(=S)Nc1ccc(NC(=O)C(C)Oc2ccccc2Cl)cc1. The van der Waals surface area contributed by atoms with Gasteiger partial charge in [-0.05, 0) is 67.7 Å². The van der Waals surface area contributed by atoms with Crippen LogP contribution in [0.3, 0.4) is 0 Å². The molecule has 35 heavy (non-hydrogen) atoms. The van der Waals surface area contributed by atoms with Crippen molar-refractivity contribution in [3.05, 3.63) is 89.5 Å². The Bertz CT molecular complexity index is 1230. The highest BCUT2D eigenvalue weighted by Gasteiger charge is 2.16. The molecule has 7 nitrogen and oxygen atoms in total. The van der Waals surface area contributed by atoms with E-state index in [4.69, 9.17) is 33.3 Å². The van der Waals surface area contributed by atoms with Gasteiger partial charge in [-0.2, -0.15) is 0 Å². The average Bonchev–Trinajstić information content (AvgIpc) is 2.85. The molecule has 0 radical (unpaired) electrons. The van der Waals surface area contributed by atoms with Crippen molar-refractivity contribution < 1.29 is 19.1 Å². The molecule has 9 heteroatoms. The summed E-state index contributed by atoms with van der Waals surface area (Å²) in [5.41, 5.74) is 1.99. The van der Waals surface area contributed by atoms with E-state index in [-0.39, 0.29) is 16.9 Å². The van der Waals surface area contributed by atoms with Crippen molar-refractivity contribution in [2.75, 3.05) is 17.7 Å². The summed E-state index contributed by atoms with van der Waals surface area (Å²) in [5, 5.41) is 8.85. The molecule has 0 saturated carbocycles. The molecule has 0 heterocycles. The fourth-order valence-corrected chi connectivity index (χ4v) is 3.35. The number of hydrogen-bond donors (Lipinski definition) is 3. The number of nitrogens with one attached hydrogen (secondary N) is 3. The summed E-state index contributed by atoms with van der Waals surface area (Å²) >= 11 is 11.3. The maximum Gasteiger partial charge on any atom is 0.265 e. The Labute approximate surface area is 214 Å². The van der Waals surface area contributed by atoms with Gasteiger partial charge in [0.2, 0.25) is 5.91 Å². The molecule has 2 amide bonds. The van der Waals surface area contributed by atoms with Gasteiger partial charge < -0.3 is 20.1 Å².